The average Bonchev–Trinajstić information content (AvgIpc) is 3.16. The number of hydrazone groups is 1. The Balaban J connectivity index is 1.62. The van der Waals surface area contributed by atoms with Gasteiger partial charge in [-0.3, -0.25) is 9.80 Å². The van der Waals surface area contributed by atoms with Gasteiger partial charge in [-0.15, -0.1) is 0 Å². The second-order valence-electron chi connectivity index (χ2n) is 5.88. The van der Waals surface area contributed by atoms with Gasteiger partial charge in [0.25, 0.3) is 5.91 Å². The zero-order chi connectivity index (χ0) is 18.0. The normalized spacial score (nSPS) is 16.3. The van der Waals surface area contributed by atoms with Crippen molar-refractivity contribution in [3.05, 3.63) is 40.8 Å². The number of aromatic hydroxyl groups is 1. The minimum Gasteiger partial charge on any atom is -0.507 e. The molecule has 1 atom stereocenters. The molecule has 0 bridgehead atoms. The molecule has 8 nitrogen and oxygen atoms in total. The lowest BCUT2D eigenvalue weighted by molar-refractivity contribution is 0.0940. The van der Waals surface area contributed by atoms with Crippen molar-refractivity contribution in [3.63, 3.8) is 0 Å². The lowest BCUT2D eigenvalue weighted by Gasteiger charge is -2.17. The van der Waals surface area contributed by atoms with E-state index in [4.69, 9.17) is 9.26 Å². The first-order valence-corrected chi connectivity index (χ1v) is 7.86. The summed E-state index contributed by atoms with van der Waals surface area (Å²) in [6.45, 7) is 4.84. The van der Waals surface area contributed by atoms with Gasteiger partial charge in [-0.1, -0.05) is 5.16 Å². The first-order valence-electron chi connectivity index (χ1n) is 7.86. The highest BCUT2D eigenvalue weighted by Gasteiger charge is 2.23. The molecule has 132 valence electrons. The van der Waals surface area contributed by atoms with Gasteiger partial charge in [0.1, 0.15) is 17.3 Å². The van der Waals surface area contributed by atoms with E-state index in [2.05, 4.69) is 15.6 Å². The first-order chi connectivity index (χ1) is 12.0. The van der Waals surface area contributed by atoms with Crippen LogP contribution >= 0.6 is 0 Å². The summed E-state index contributed by atoms with van der Waals surface area (Å²) in [5, 5.41) is 22.8. The Kier molecular flexibility index (Phi) is 4.60. The summed E-state index contributed by atoms with van der Waals surface area (Å²) in [4.78, 5) is 12.4. The molecule has 2 N–H and O–H groups in total. The van der Waals surface area contributed by atoms with Crippen LogP contribution in [0.15, 0.2) is 27.8 Å². The maximum atomic E-state index is 12.4. The molecule has 0 saturated heterocycles. The minimum atomic E-state index is -0.382. The van der Waals surface area contributed by atoms with Crippen LogP contribution in [0, 0.1) is 13.8 Å². The summed E-state index contributed by atoms with van der Waals surface area (Å²) in [7, 11) is 1.50. The van der Waals surface area contributed by atoms with E-state index in [9.17, 15) is 9.90 Å². The standard InChI is InChI=1S/C17H20N4O4/c1-10-15(11(2)25-20-10)9-21-8-12(7-18-21)19-17(23)14-6-13(24-3)4-5-16(14)22/h4-7,12,22H,8-9H2,1-3H3,(H,19,23). The topological polar surface area (TPSA) is 100 Å². The van der Waals surface area contributed by atoms with Crippen LogP contribution in [0.1, 0.15) is 27.4 Å². The molecule has 1 amide bonds. The van der Waals surface area contributed by atoms with Crippen LogP contribution in [0.3, 0.4) is 0 Å². The van der Waals surface area contributed by atoms with Crippen LogP contribution in [0.4, 0.5) is 0 Å². The smallest absolute Gasteiger partial charge is 0.255 e. The monoisotopic (exact) mass is 344 g/mol. The number of nitrogens with one attached hydrogen (secondary N) is 1. The highest BCUT2D eigenvalue weighted by molar-refractivity contribution is 5.98. The van der Waals surface area contributed by atoms with Gasteiger partial charge in [0.15, 0.2) is 0 Å². The fourth-order valence-electron chi connectivity index (χ4n) is 2.66. The largest absolute Gasteiger partial charge is 0.507 e. The zero-order valence-electron chi connectivity index (χ0n) is 14.3. The SMILES string of the molecule is COc1ccc(O)c(C(=O)NC2C=NN(Cc3c(C)noc3C)C2)c1. The molecule has 1 unspecified atom stereocenters. The maximum absolute atomic E-state index is 12.4. The second-order valence-corrected chi connectivity index (χ2v) is 5.88. The Bertz CT molecular complexity index is 795. The number of ether oxygens (including phenoxy) is 1. The Labute approximate surface area is 145 Å². The van der Waals surface area contributed by atoms with Gasteiger partial charge in [0, 0.05) is 11.8 Å². The van der Waals surface area contributed by atoms with Crippen molar-refractivity contribution < 1.29 is 19.2 Å². The summed E-state index contributed by atoms with van der Waals surface area (Å²) in [5.74, 6) is 0.789. The molecular formula is C17H20N4O4. The predicted molar refractivity (Wildman–Crippen MR) is 90.8 cm³/mol. The van der Waals surface area contributed by atoms with Gasteiger partial charge in [0.05, 0.1) is 37.5 Å². The van der Waals surface area contributed by atoms with Gasteiger partial charge in [-0.2, -0.15) is 5.10 Å². The third-order valence-electron chi connectivity index (χ3n) is 4.10. The van der Waals surface area contributed by atoms with Crippen molar-refractivity contribution in [1.29, 1.82) is 0 Å². The van der Waals surface area contributed by atoms with E-state index >= 15 is 0 Å². The molecule has 0 radical (unpaired) electrons. The average molecular weight is 344 g/mol. The Hall–Kier alpha value is -3.03. The van der Waals surface area contributed by atoms with Crippen LogP contribution in [0.25, 0.3) is 0 Å². The number of hydrogen-bond donors (Lipinski definition) is 2. The number of hydrogen-bond acceptors (Lipinski definition) is 7. The molecule has 1 aliphatic heterocycles. The third-order valence-corrected chi connectivity index (χ3v) is 4.10. The molecular weight excluding hydrogens is 324 g/mol. The van der Waals surface area contributed by atoms with E-state index in [-0.39, 0.29) is 23.3 Å². The van der Waals surface area contributed by atoms with Crippen molar-refractivity contribution in [2.75, 3.05) is 13.7 Å². The summed E-state index contributed by atoms with van der Waals surface area (Å²) in [6.07, 6.45) is 1.67. The van der Waals surface area contributed by atoms with Gasteiger partial charge >= 0.3 is 0 Å². The Morgan fingerprint density at radius 3 is 2.96 bits per heavy atom. The van der Waals surface area contributed by atoms with Crippen LogP contribution < -0.4 is 10.1 Å². The van der Waals surface area contributed by atoms with Gasteiger partial charge in [-0.25, -0.2) is 0 Å². The number of phenolic OH excluding ortho intramolecular Hbond substituents is 1. The van der Waals surface area contributed by atoms with E-state index in [1.54, 1.807) is 12.3 Å². The van der Waals surface area contributed by atoms with E-state index in [1.165, 1.54) is 19.2 Å². The predicted octanol–water partition coefficient (Wildman–Crippen LogP) is 1.61. The van der Waals surface area contributed by atoms with E-state index in [0.29, 0.717) is 18.8 Å². The fraction of sp³-hybridized carbons (Fsp3) is 0.353. The highest BCUT2D eigenvalue weighted by Crippen LogP contribution is 2.23. The molecule has 1 aliphatic rings. The molecule has 0 saturated carbocycles. The number of aryl methyl sites for hydroxylation is 2. The quantitative estimate of drug-likeness (QED) is 0.855. The molecule has 8 heteroatoms. The number of benzene rings is 1. The number of methoxy groups -OCH3 is 1. The Morgan fingerprint density at radius 1 is 1.48 bits per heavy atom. The number of carbonyl (C=O) groups is 1. The summed E-state index contributed by atoms with van der Waals surface area (Å²) >= 11 is 0. The van der Waals surface area contributed by atoms with E-state index in [0.717, 1.165) is 17.0 Å². The zero-order valence-corrected chi connectivity index (χ0v) is 14.3. The van der Waals surface area contributed by atoms with Crippen molar-refractivity contribution in [2.45, 2.75) is 26.4 Å². The number of carbonyl (C=O) groups excluding carboxylic acids is 1. The minimum absolute atomic E-state index is 0.0965. The van der Waals surface area contributed by atoms with Gasteiger partial charge in [0.2, 0.25) is 0 Å². The summed E-state index contributed by atoms with van der Waals surface area (Å²) < 4.78 is 10.2. The fourth-order valence-corrected chi connectivity index (χ4v) is 2.66. The first kappa shape index (κ1) is 16.8. The molecule has 3 rings (SSSR count). The van der Waals surface area contributed by atoms with E-state index < -0.39 is 0 Å². The number of rotatable bonds is 5. The summed E-state index contributed by atoms with van der Waals surface area (Å²) in [5.41, 5.74) is 1.99. The van der Waals surface area contributed by atoms with Gasteiger partial charge in [-0.05, 0) is 32.0 Å². The lowest BCUT2D eigenvalue weighted by Crippen LogP contribution is -2.39. The molecule has 1 aromatic carbocycles. The number of nitrogens with zero attached hydrogens (tertiary/aromatic N) is 3. The molecule has 25 heavy (non-hydrogen) atoms. The van der Waals surface area contributed by atoms with Crippen molar-refractivity contribution in [2.24, 2.45) is 5.10 Å². The Morgan fingerprint density at radius 2 is 2.28 bits per heavy atom. The number of phenols is 1. The molecule has 0 fully saturated rings. The maximum Gasteiger partial charge on any atom is 0.255 e. The molecule has 2 aromatic rings. The van der Waals surface area contributed by atoms with Gasteiger partial charge < -0.3 is 19.7 Å². The van der Waals surface area contributed by atoms with Crippen molar-refractivity contribution in [3.8, 4) is 11.5 Å². The van der Waals surface area contributed by atoms with Crippen LogP contribution in [-0.4, -0.2) is 47.1 Å². The number of amides is 1. The van der Waals surface area contributed by atoms with Crippen LogP contribution in [0.5, 0.6) is 11.5 Å². The molecule has 0 spiro atoms. The highest BCUT2D eigenvalue weighted by atomic mass is 16.5. The van der Waals surface area contributed by atoms with Crippen molar-refractivity contribution >= 4 is 12.1 Å². The van der Waals surface area contributed by atoms with Crippen LogP contribution in [-0.2, 0) is 6.54 Å². The second kappa shape index (κ2) is 6.84. The van der Waals surface area contributed by atoms with Crippen molar-refractivity contribution in [1.82, 2.24) is 15.5 Å². The third kappa shape index (κ3) is 3.57. The van der Waals surface area contributed by atoms with E-state index in [1.807, 2.05) is 18.9 Å². The summed E-state index contributed by atoms with van der Waals surface area (Å²) in [6, 6.07) is 4.27. The molecule has 2 heterocycles. The number of aromatic nitrogens is 1. The molecule has 0 aliphatic carbocycles. The lowest BCUT2D eigenvalue weighted by atomic mass is 10.1. The van der Waals surface area contributed by atoms with Crippen LogP contribution in [0.2, 0.25) is 0 Å². The molecule has 1 aromatic heterocycles.